The van der Waals surface area contributed by atoms with Gasteiger partial charge in [0.15, 0.2) is 0 Å². The van der Waals surface area contributed by atoms with Gasteiger partial charge in [0.25, 0.3) is 0 Å². The summed E-state index contributed by atoms with van der Waals surface area (Å²) < 4.78 is 36.1. The molecule has 0 atom stereocenters. The van der Waals surface area contributed by atoms with E-state index in [0.29, 0.717) is 11.1 Å². The number of nitrogens with two attached hydrogens (primary N) is 1. The summed E-state index contributed by atoms with van der Waals surface area (Å²) in [7, 11) is -3.80. The van der Waals surface area contributed by atoms with Crippen molar-refractivity contribution in [3.05, 3.63) is 77.6 Å². The smallest absolute Gasteiger partial charge is 0.238 e. The summed E-state index contributed by atoms with van der Waals surface area (Å²) in [6, 6.07) is 11.9. The summed E-state index contributed by atoms with van der Waals surface area (Å²) in [4.78, 5) is -0.0114. The Kier molecular flexibility index (Phi) is 4.81. The van der Waals surface area contributed by atoms with E-state index in [0.717, 1.165) is 11.1 Å². The fourth-order valence-electron chi connectivity index (χ4n) is 2.94. The highest BCUT2D eigenvalue weighted by Crippen LogP contribution is 2.43. The van der Waals surface area contributed by atoms with E-state index < -0.39 is 15.4 Å². The van der Waals surface area contributed by atoms with E-state index in [2.05, 4.69) is 0 Å². The van der Waals surface area contributed by atoms with Gasteiger partial charge in [0.05, 0.1) is 23.5 Å². The molecule has 0 bridgehead atoms. The lowest BCUT2D eigenvalue weighted by Gasteiger charge is -2.18. The zero-order valence-electron chi connectivity index (χ0n) is 13.8. The van der Waals surface area contributed by atoms with E-state index in [1.807, 2.05) is 0 Å². The van der Waals surface area contributed by atoms with Gasteiger partial charge in [0.1, 0.15) is 5.82 Å². The number of benzene rings is 2. The largest absolute Gasteiger partial charge is 0.395 e. The van der Waals surface area contributed by atoms with Crippen molar-refractivity contribution in [2.45, 2.75) is 4.90 Å². The van der Waals surface area contributed by atoms with Crippen LogP contribution in [0.4, 0.5) is 4.39 Å². The molecule has 2 aromatic rings. The number of aliphatic hydroxyl groups is 2. The quantitative estimate of drug-likeness (QED) is 0.743. The Morgan fingerprint density at radius 3 is 1.65 bits per heavy atom. The average molecular weight is 375 g/mol. The molecular formula is C19H18FNO4S. The minimum atomic E-state index is -3.80. The highest BCUT2D eigenvalue weighted by Gasteiger charge is 2.32. The van der Waals surface area contributed by atoms with Crippen LogP contribution in [0.25, 0.3) is 11.1 Å². The van der Waals surface area contributed by atoms with E-state index in [-0.39, 0.29) is 23.9 Å². The van der Waals surface area contributed by atoms with Gasteiger partial charge >= 0.3 is 0 Å². The van der Waals surface area contributed by atoms with Crippen LogP contribution in [0.1, 0.15) is 11.1 Å². The average Bonchev–Trinajstić information content (AvgIpc) is 3.02. The summed E-state index contributed by atoms with van der Waals surface area (Å²) in [5, 5.41) is 24.6. The van der Waals surface area contributed by atoms with Gasteiger partial charge in [-0.25, -0.2) is 17.9 Å². The third-order valence-electron chi connectivity index (χ3n) is 4.39. The van der Waals surface area contributed by atoms with Crippen molar-refractivity contribution in [3.8, 4) is 0 Å². The van der Waals surface area contributed by atoms with Crippen molar-refractivity contribution in [2.24, 2.45) is 10.6 Å². The van der Waals surface area contributed by atoms with Crippen LogP contribution in [-0.2, 0) is 10.0 Å². The fourth-order valence-corrected chi connectivity index (χ4v) is 3.45. The molecule has 0 fully saturated rings. The standard InChI is InChI=1S/C19H18FNO4S/c20-15-5-1-13(2-6-15)17-9-19(11-22,12-23)10-18(17)14-3-7-16(8-4-14)26(21,24)25/h1-10,22-23H,11-12H2,(H2,21,24,25). The van der Waals surface area contributed by atoms with Crippen molar-refractivity contribution in [1.29, 1.82) is 0 Å². The molecule has 7 heteroatoms. The van der Waals surface area contributed by atoms with Gasteiger partial charge in [0, 0.05) is 0 Å². The molecule has 2 aromatic carbocycles. The molecule has 0 unspecified atom stereocenters. The zero-order valence-corrected chi connectivity index (χ0v) is 14.6. The lowest BCUT2D eigenvalue weighted by molar-refractivity contribution is 0.131. The Morgan fingerprint density at radius 2 is 1.27 bits per heavy atom. The fraction of sp³-hybridized carbons (Fsp3) is 0.158. The first-order chi connectivity index (χ1) is 12.3. The van der Waals surface area contributed by atoms with Crippen molar-refractivity contribution in [2.75, 3.05) is 13.2 Å². The van der Waals surface area contributed by atoms with Crippen LogP contribution in [-0.4, -0.2) is 31.8 Å². The molecule has 0 saturated carbocycles. The van der Waals surface area contributed by atoms with E-state index in [1.54, 1.807) is 36.4 Å². The molecule has 0 saturated heterocycles. The van der Waals surface area contributed by atoms with Gasteiger partial charge in [0.2, 0.25) is 10.0 Å². The zero-order chi connectivity index (χ0) is 18.9. The molecule has 0 spiro atoms. The summed E-state index contributed by atoms with van der Waals surface area (Å²) in [5.41, 5.74) is 1.89. The number of halogens is 1. The predicted molar refractivity (Wildman–Crippen MR) is 96.8 cm³/mol. The van der Waals surface area contributed by atoms with Crippen LogP contribution in [0.5, 0.6) is 0 Å². The first-order valence-electron chi connectivity index (χ1n) is 7.85. The Morgan fingerprint density at radius 1 is 0.846 bits per heavy atom. The molecule has 4 N–H and O–H groups in total. The molecule has 26 heavy (non-hydrogen) atoms. The molecule has 136 valence electrons. The maximum absolute atomic E-state index is 13.3. The number of allylic oxidation sites excluding steroid dienone is 2. The first-order valence-corrected chi connectivity index (χ1v) is 9.40. The number of hydrogen-bond acceptors (Lipinski definition) is 4. The van der Waals surface area contributed by atoms with Crippen LogP contribution < -0.4 is 5.14 Å². The second-order valence-electron chi connectivity index (χ2n) is 6.24. The van der Waals surface area contributed by atoms with Crippen molar-refractivity contribution in [3.63, 3.8) is 0 Å². The van der Waals surface area contributed by atoms with Gasteiger partial charge in [-0.3, -0.25) is 0 Å². The second kappa shape index (κ2) is 6.77. The topological polar surface area (TPSA) is 101 Å². The predicted octanol–water partition coefficient (Wildman–Crippen LogP) is 1.92. The van der Waals surface area contributed by atoms with Crippen molar-refractivity contribution in [1.82, 2.24) is 0 Å². The second-order valence-corrected chi connectivity index (χ2v) is 7.80. The summed E-state index contributed by atoms with van der Waals surface area (Å²) in [6.07, 6.45) is 3.47. The van der Waals surface area contributed by atoms with E-state index in [1.165, 1.54) is 24.3 Å². The van der Waals surface area contributed by atoms with Crippen LogP contribution in [0, 0.1) is 11.2 Å². The SMILES string of the molecule is NS(=O)(=O)c1ccc(C2=CC(CO)(CO)C=C2c2ccc(F)cc2)cc1. The maximum Gasteiger partial charge on any atom is 0.238 e. The molecule has 3 rings (SSSR count). The number of rotatable bonds is 5. The van der Waals surface area contributed by atoms with E-state index in [4.69, 9.17) is 5.14 Å². The lowest BCUT2D eigenvalue weighted by atomic mass is 9.91. The first kappa shape index (κ1) is 18.5. The molecule has 5 nitrogen and oxygen atoms in total. The van der Waals surface area contributed by atoms with Crippen molar-refractivity contribution < 1.29 is 23.0 Å². The van der Waals surface area contributed by atoms with Gasteiger partial charge < -0.3 is 10.2 Å². The monoisotopic (exact) mass is 375 g/mol. The minimum absolute atomic E-state index is 0.0114. The third-order valence-corrected chi connectivity index (χ3v) is 5.32. The van der Waals surface area contributed by atoms with Crippen LogP contribution in [0.15, 0.2) is 65.6 Å². The molecule has 0 radical (unpaired) electrons. The van der Waals surface area contributed by atoms with Gasteiger partial charge in [-0.1, -0.05) is 36.4 Å². The highest BCUT2D eigenvalue weighted by atomic mass is 32.2. The Hall–Kier alpha value is -2.32. The van der Waals surface area contributed by atoms with Gasteiger partial charge in [-0.2, -0.15) is 0 Å². The summed E-state index contributed by atoms with van der Waals surface area (Å²) in [6.45, 7) is -0.597. The summed E-state index contributed by atoms with van der Waals surface area (Å²) >= 11 is 0. The lowest BCUT2D eigenvalue weighted by Crippen LogP contribution is -2.23. The Balaban J connectivity index is 2.10. The molecule has 1 aliphatic carbocycles. The van der Waals surface area contributed by atoms with Gasteiger partial charge in [-0.05, 0) is 46.5 Å². The number of aliphatic hydroxyl groups excluding tert-OH is 2. The van der Waals surface area contributed by atoms with E-state index >= 15 is 0 Å². The molecule has 1 aliphatic rings. The van der Waals surface area contributed by atoms with Crippen LogP contribution in [0.3, 0.4) is 0 Å². The van der Waals surface area contributed by atoms with Gasteiger partial charge in [-0.15, -0.1) is 0 Å². The number of hydrogen-bond donors (Lipinski definition) is 3. The van der Waals surface area contributed by atoms with Crippen molar-refractivity contribution >= 4 is 21.2 Å². The number of primary sulfonamides is 1. The van der Waals surface area contributed by atoms with Crippen LogP contribution >= 0.6 is 0 Å². The maximum atomic E-state index is 13.3. The summed E-state index contributed by atoms with van der Waals surface area (Å²) in [5.74, 6) is -0.369. The highest BCUT2D eigenvalue weighted by molar-refractivity contribution is 7.89. The molecule has 0 amide bonds. The molecule has 0 aromatic heterocycles. The Labute approximate surface area is 151 Å². The molecular weight excluding hydrogens is 357 g/mol. The number of sulfonamides is 1. The molecule has 0 heterocycles. The third kappa shape index (κ3) is 3.47. The molecule has 0 aliphatic heterocycles. The Bertz CT molecular complexity index is 973. The normalized spacial score (nSPS) is 16.3. The van der Waals surface area contributed by atoms with Crippen LogP contribution in [0.2, 0.25) is 0 Å². The minimum Gasteiger partial charge on any atom is -0.395 e. The van der Waals surface area contributed by atoms with E-state index in [9.17, 15) is 23.0 Å².